The molecule has 1 aliphatic rings. The smallest absolute Gasteiger partial charge is 0.339 e. The summed E-state index contributed by atoms with van der Waals surface area (Å²) in [7, 11) is 0. The first-order valence-electron chi connectivity index (χ1n) is 6.30. The van der Waals surface area contributed by atoms with Gasteiger partial charge in [0.1, 0.15) is 13.2 Å². The highest BCUT2D eigenvalue weighted by Crippen LogP contribution is 2.41. The van der Waals surface area contributed by atoms with Gasteiger partial charge in [-0.15, -0.1) is 0 Å². The van der Waals surface area contributed by atoms with E-state index in [4.69, 9.17) is 14.2 Å². The Morgan fingerprint density at radius 2 is 2.11 bits per heavy atom. The molecule has 1 unspecified atom stereocenters. The molecule has 1 atom stereocenters. The normalized spacial score (nSPS) is 14.9. The molecular weight excluding hydrogens is 248 g/mol. The van der Waals surface area contributed by atoms with Crippen molar-refractivity contribution < 1.29 is 24.1 Å². The van der Waals surface area contributed by atoms with Gasteiger partial charge in [0.25, 0.3) is 0 Å². The molecule has 1 aromatic rings. The van der Waals surface area contributed by atoms with Crippen LogP contribution in [0.4, 0.5) is 0 Å². The number of hydrogen-bond acceptors (Lipinski definition) is 5. The Kier molecular flexibility index (Phi) is 3.95. The van der Waals surface area contributed by atoms with Crippen molar-refractivity contribution in [1.82, 2.24) is 0 Å². The summed E-state index contributed by atoms with van der Waals surface area (Å²) in [6.45, 7) is 6.52. The predicted octanol–water partition coefficient (Wildman–Crippen LogP) is 1.67. The molecule has 0 saturated carbocycles. The molecule has 1 heterocycles. The predicted molar refractivity (Wildman–Crippen MR) is 68.5 cm³/mol. The van der Waals surface area contributed by atoms with Crippen molar-refractivity contribution in [3.63, 3.8) is 0 Å². The second-order valence-electron chi connectivity index (χ2n) is 4.41. The second-order valence-corrected chi connectivity index (χ2v) is 4.41. The molecule has 0 fully saturated rings. The highest BCUT2D eigenvalue weighted by molar-refractivity contribution is 5.79. The SMILES string of the molecule is CCOC(=O)C(O)c1c(C)c(C)cc2c1OCCO2. The zero-order valence-corrected chi connectivity index (χ0v) is 11.4. The standard InChI is InChI=1S/C14H18O5/c1-4-17-14(16)12(15)11-9(3)8(2)7-10-13(11)19-6-5-18-10/h7,12,15H,4-6H2,1-3H3. The van der Waals surface area contributed by atoms with E-state index in [1.165, 1.54) is 0 Å². The molecule has 0 amide bonds. The van der Waals surface area contributed by atoms with E-state index in [0.29, 0.717) is 30.3 Å². The highest BCUT2D eigenvalue weighted by Gasteiger charge is 2.29. The van der Waals surface area contributed by atoms with Crippen molar-refractivity contribution in [2.45, 2.75) is 26.9 Å². The van der Waals surface area contributed by atoms with Gasteiger partial charge in [-0.3, -0.25) is 0 Å². The van der Waals surface area contributed by atoms with Crippen LogP contribution in [0.2, 0.25) is 0 Å². The van der Waals surface area contributed by atoms with Crippen LogP contribution in [0.5, 0.6) is 11.5 Å². The molecule has 5 heteroatoms. The number of aliphatic hydroxyl groups excluding tert-OH is 1. The second kappa shape index (κ2) is 5.48. The van der Waals surface area contributed by atoms with E-state index in [9.17, 15) is 9.90 Å². The van der Waals surface area contributed by atoms with Gasteiger partial charge in [-0.25, -0.2) is 4.79 Å². The summed E-state index contributed by atoms with van der Waals surface area (Å²) in [5.74, 6) is 0.329. The number of fused-ring (bicyclic) bond motifs is 1. The minimum atomic E-state index is -1.35. The van der Waals surface area contributed by atoms with Gasteiger partial charge in [0.15, 0.2) is 17.6 Å². The molecule has 0 spiro atoms. The molecular formula is C14H18O5. The van der Waals surface area contributed by atoms with E-state index < -0.39 is 12.1 Å². The number of aliphatic hydroxyl groups is 1. The van der Waals surface area contributed by atoms with Gasteiger partial charge in [-0.05, 0) is 38.0 Å². The lowest BCUT2D eigenvalue weighted by Gasteiger charge is -2.25. The van der Waals surface area contributed by atoms with Crippen molar-refractivity contribution in [2.24, 2.45) is 0 Å². The first-order chi connectivity index (χ1) is 9.06. The van der Waals surface area contributed by atoms with Crippen LogP contribution in [-0.2, 0) is 9.53 Å². The molecule has 2 rings (SSSR count). The highest BCUT2D eigenvalue weighted by atomic mass is 16.6. The number of hydrogen-bond donors (Lipinski definition) is 1. The van der Waals surface area contributed by atoms with Crippen LogP contribution in [0.3, 0.4) is 0 Å². The van der Waals surface area contributed by atoms with Crippen molar-refractivity contribution in [3.8, 4) is 11.5 Å². The summed E-state index contributed by atoms with van der Waals surface area (Å²) in [5.41, 5.74) is 2.18. The minimum absolute atomic E-state index is 0.223. The molecule has 1 N–H and O–H groups in total. The van der Waals surface area contributed by atoms with E-state index in [1.807, 2.05) is 19.9 Å². The third-order valence-electron chi connectivity index (χ3n) is 3.18. The Morgan fingerprint density at radius 3 is 2.79 bits per heavy atom. The van der Waals surface area contributed by atoms with Gasteiger partial charge in [0.05, 0.1) is 6.61 Å². The number of benzene rings is 1. The molecule has 0 aromatic heterocycles. The molecule has 0 bridgehead atoms. The van der Waals surface area contributed by atoms with Crippen LogP contribution in [-0.4, -0.2) is 30.9 Å². The summed E-state index contributed by atoms with van der Waals surface area (Å²) < 4.78 is 15.9. The fraction of sp³-hybridized carbons (Fsp3) is 0.500. The first kappa shape index (κ1) is 13.7. The van der Waals surface area contributed by atoms with E-state index >= 15 is 0 Å². The van der Waals surface area contributed by atoms with Crippen molar-refractivity contribution >= 4 is 5.97 Å². The zero-order valence-electron chi connectivity index (χ0n) is 11.4. The van der Waals surface area contributed by atoms with Crippen LogP contribution in [0.25, 0.3) is 0 Å². The van der Waals surface area contributed by atoms with Crippen LogP contribution < -0.4 is 9.47 Å². The lowest BCUT2D eigenvalue weighted by atomic mass is 9.96. The van der Waals surface area contributed by atoms with Gasteiger partial charge < -0.3 is 19.3 Å². The molecule has 0 saturated heterocycles. The monoisotopic (exact) mass is 266 g/mol. The number of esters is 1. The van der Waals surface area contributed by atoms with Crippen molar-refractivity contribution in [2.75, 3.05) is 19.8 Å². The number of rotatable bonds is 3. The summed E-state index contributed by atoms with van der Waals surface area (Å²) in [6, 6.07) is 1.85. The average Bonchev–Trinajstić information content (AvgIpc) is 2.40. The number of carbonyl (C=O) groups is 1. The summed E-state index contributed by atoms with van der Waals surface area (Å²) in [5, 5.41) is 10.2. The Balaban J connectivity index is 2.48. The van der Waals surface area contributed by atoms with Crippen molar-refractivity contribution in [3.05, 3.63) is 22.8 Å². The fourth-order valence-corrected chi connectivity index (χ4v) is 2.11. The maximum absolute atomic E-state index is 11.7. The third-order valence-corrected chi connectivity index (χ3v) is 3.18. The molecule has 19 heavy (non-hydrogen) atoms. The Bertz CT molecular complexity index is 495. The van der Waals surface area contributed by atoms with E-state index in [-0.39, 0.29) is 6.61 Å². The molecule has 5 nitrogen and oxygen atoms in total. The van der Waals surface area contributed by atoms with Gasteiger partial charge >= 0.3 is 5.97 Å². The van der Waals surface area contributed by atoms with E-state index in [0.717, 1.165) is 11.1 Å². The van der Waals surface area contributed by atoms with Gasteiger partial charge in [-0.2, -0.15) is 0 Å². The summed E-state index contributed by atoms with van der Waals surface area (Å²) in [4.78, 5) is 11.7. The van der Waals surface area contributed by atoms with Crippen molar-refractivity contribution in [1.29, 1.82) is 0 Å². The number of ether oxygens (including phenoxy) is 3. The minimum Gasteiger partial charge on any atom is -0.486 e. The van der Waals surface area contributed by atoms with Gasteiger partial charge in [0.2, 0.25) is 0 Å². The third kappa shape index (κ3) is 2.51. The maximum Gasteiger partial charge on any atom is 0.339 e. The first-order valence-corrected chi connectivity index (χ1v) is 6.30. The quantitative estimate of drug-likeness (QED) is 0.843. The van der Waals surface area contributed by atoms with Gasteiger partial charge in [-0.1, -0.05) is 0 Å². The fourth-order valence-electron chi connectivity index (χ4n) is 2.11. The largest absolute Gasteiger partial charge is 0.486 e. The molecule has 104 valence electrons. The lowest BCUT2D eigenvalue weighted by molar-refractivity contribution is -0.153. The summed E-state index contributed by atoms with van der Waals surface area (Å²) in [6.07, 6.45) is -1.35. The van der Waals surface area contributed by atoms with Crippen LogP contribution >= 0.6 is 0 Å². The molecule has 1 aliphatic heterocycles. The Morgan fingerprint density at radius 1 is 1.42 bits per heavy atom. The molecule has 0 aliphatic carbocycles. The maximum atomic E-state index is 11.7. The van der Waals surface area contributed by atoms with Crippen LogP contribution in [0.15, 0.2) is 6.07 Å². The summed E-state index contributed by atoms with van der Waals surface area (Å²) >= 11 is 0. The van der Waals surface area contributed by atoms with Crippen LogP contribution in [0.1, 0.15) is 29.7 Å². The Hall–Kier alpha value is -1.75. The number of aryl methyl sites for hydroxylation is 1. The van der Waals surface area contributed by atoms with Crippen LogP contribution in [0, 0.1) is 13.8 Å². The van der Waals surface area contributed by atoms with E-state index in [2.05, 4.69) is 0 Å². The molecule has 1 aromatic carbocycles. The lowest BCUT2D eigenvalue weighted by Crippen LogP contribution is -2.22. The van der Waals surface area contributed by atoms with E-state index in [1.54, 1.807) is 6.92 Å². The Labute approximate surface area is 112 Å². The molecule has 0 radical (unpaired) electrons. The number of carbonyl (C=O) groups excluding carboxylic acids is 1. The van der Waals surface area contributed by atoms with Gasteiger partial charge in [0, 0.05) is 5.56 Å². The topological polar surface area (TPSA) is 65.0 Å². The zero-order chi connectivity index (χ0) is 14.0. The average molecular weight is 266 g/mol.